The molecule has 0 bridgehead atoms. The minimum atomic E-state index is 0.250. The maximum Gasteiger partial charge on any atom is 0.157 e. The first-order chi connectivity index (χ1) is 6.11. The van der Waals surface area contributed by atoms with Crippen molar-refractivity contribution in [2.24, 2.45) is 10.9 Å². The van der Waals surface area contributed by atoms with Crippen LogP contribution in [0.3, 0.4) is 0 Å². The molecule has 1 saturated carbocycles. The van der Waals surface area contributed by atoms with Crippen molar-refractivity contribution in [2.75, 3.05) is 5.75 Å². The van der Waals surface area contributed by atoms with Crippen LogP contribution in [-0.4, -0.2) is 22.5 Å². The summed E-state index contributed by atoms with van der Waals surface area (Å²) >= 11 is 1.87. The zero-order valence-electron chi connectivity index (χ0n) is 8.63. The SMILES string of the molecule is CCC1CC1N=C1NC(C)(C)CS1. The highest BCUT2D eigenvalue weighted by Crippen LogP contribution is 2.37. The molecule has 0 radical (unpaired) electrons. The van der Waals surface area contributed by atoms with Crippen molar-refractivity contribution in [1.82, 2.24) is 5.32 Å². The van der Waals surface area contributed by atoms with Crippen LogP contribution in [0.15, 0.2) is 4.99 Å². The van der Waals surface area contributed by atoms with E-state index in [1.165, 1.54) is 18.0 Å². The smallest absolute Gasteiger partial charge is 0.157 e. The van der Waals surface area contributed by atoms with E-state index in [4.69, 9.17) is 4.99 Å². The van der Waals surface area contributed by atoms with E-state index < -0.39 is 0 Å². The molecule has 3 heteroatoms. The number of amidine groups is 1. The van der Waals surface area contributed by atoms with Crippen LogP contribution in [-0.2, 0) is 0 Å². The molecule has 1 heterocycles. The normalized spacial score (nSPS) is 39.2. The van der Waals surface area contributed by atoms with Gasteiger partial charge in [0.2, 0.25) is 0 Å². The summed E-state index contributed by atoms with van der Waals surface area (Å²) in [5.74, 6) is 2.02. The lowest BCUT2D eigenvalue weighted by atomic mass is 10.1. The van der Waals surface area contributed by atoms with Gasteiger partial charge in [0.25, 0.3) is 0 Å². The first kappa shape index (κ1) is 9.38. The molecule has 0 aromatic carbocycles. The minimum Gasteiger partial charge on any atom is -0.359 e. The average Bonchev–Trinajstić information content (AvgIpc) is 2.70. The van der Waals surface area contributed by atoms with Crippen molar-refractivity contribution < 1.29 is 0 Å². The van der Waals surface area contributed by atoms with Crippen LogP contribution >= 0.6 is 11.8 Å². The lowest BCUT2D eigenvalue weighted by Crippen LogP contribution is -2.37. The molecule has 0 amide bonds. The van der Waals surface area contributed by atoms with Gasteiger partial charge in [-0.25, -0.2) is 0 Å². The van der Waals surface area contributed by atoms with E-state index in [1.807, 2.05) is 11.8 Å². The quantitative estimate of drug-likeness (QED) is 0.736. The van der Waals surface area contributed by atoms with Crippen LogP contribution in [0.5, 0.6) is 0 Å². The van der Waals surface area contributed by atoms with E-state index in [0.717, 1.165) is 11.7 Å². The molecule has 2 fully saturated rings. The molecule has 2 atom stereocenters. The maximum atomic E-state index is 4.70. The van der Waals surface area contributed by atoms with Crippen LogP contribution in [0.25, 0.3) is 0 Å². The summed E-state index contributed by atoms with van der Waals surface area (Å²) in [6.45, 7) is 6.71. The summed E-state index contributed by atoms with van der Waals surface area (Å²) in [5, 5.41) is 4.63. The van der Waals surface area contributed by atoms with Gasteiger partial charge in [-0.15, -0.1) is 0 Å². The van der Waals surface area contributed by atoms with E-state index in [2.05, 4.69) is 26.1 Å². The molecule has 1 aliphatic carbocycles. The summed E-state index contributed by atoms with van der Waals surface area (Å²) in [6, 6.07) is 0.633. The zero-order chi connectivity index (χ0) is 9.47. The van der Waals surface area contributed by atoms with Gasteiger partial charge in [-0.1, -0.05) is 25.1 Å². The lowest BCUT2D eigenvalue weighted by molar-refractivity contribution is 0.536. The number of nitrogens with zero attached hydrogens (tertiary/aromatic N) is 1. The van der Waals surface area contributed by atoms with Crippen molar-refractivity contribution >= 4 is 16.9 Å². The van der Waals surface area contributed by atoms with Crippen molar-refractivity contribution in [3.63, 3.8) is 0 Å². The van der Waals surface area contributed by atoms with Gasteiger partial charge < -0.3 is 5.32 Å². The van der Waals surface area contributed by atoms with Gasteiger partial charge >= 0.3 is 0 Å². The maximum absolute atomic E-state index is 4.70. The van der Waals surface area contributed by atoms with Gasteiger partial charge in [0.05, 0.1) is 6.04 Å². The third-order valence-corrected chi connectivity index (χ3v) is 4.05. The number of hydrogen-bond donors (Lipinski definition) is 1. The number of thioether (sulfide) groups is 1. The Morgan fingerprint density at radius 3 is 2.85 bits per heavy atom. The Morgan fingerprint density at radius 1 is 1.62 bits per heavy atom. The Hall–Kier alpha value is -0.180. The molecule has 2 aliphatic rings. The van der Waals surface area contributed by atoms with Crippen molar-refractivity contribution in [2.45, 2.75) is 45.2 Å². The first-order valence-corrected chi connectivity index (χ1v) is 6.08. The Kier molecular flexibility index (Phi) is 2.30. The third-order valence-electron chi connectivity index (χ3n) is 2.71. The zero-order valence-corrected chi connectivity index (χ0v) is 9.45. The van der Waals surface area contributed by atoms with Gasteiger partial charge in [0.15, 0.2) is 5.17 Å². The third kappa shape index (κ3) is 2.19. The standard InChI is InChI=1S/C10H18N2S/c1-4-7-5-8(7)11-9-12-10(2,3)6-13-9/h7-8H,4-6H2,1-3H3,(H,11,12). The van der Waals surface area contributed by atoms with Crippen molar-refractivity contribution in [3.8, 4) is 0 Å². The summed E-state index contributed by atoms with van der Waals surface area (Å²) < 4.78 is 0. The fourth-order valence-electron chi connectivity index (χ4n) is 1.66. The van der Waals surface area contributed by atoms with Crippen LogP contribution in [0.2, 0.25) is 0 Å². The molecule has 74 valence electrons. The van der Waals surface area contributed by atoms with Gasteiger partial charge in [-0.05, 0) is 26.2 Å². The highest BCUT2D eigenvalue weighted by Gasteiger charge is 2.37. The molecule has 2 nitrogen and oxygen atoms in total. The average molecular weight is 198 g/mol. The molecule has 1 saturated heterocycles. The monoisotopic (exact) mass is 198 g/mol. The molecule has 0 spiro atoms. The second-order valence-corrected chi connectivity index (χ2v) is 5.67. The van der Waals surface area contributed by atoms with E-state index in [0.29, 0.717) is 6.04 Å². The van der Waals surface area contributed by atoms with E-state index in [9.17, 15) is 0 Å². The first-order valence-electron chi connectivity index (χ1n) is 5.09. The predicted molar refractivity (Wildman–Crippen MR) is 59.3 cm³/mol. The molecule has 0 aromatic heterocycles. The molecule has 13 heavy (non-hydrogen) atoms. The highest BCUT2D eigenvalue weighted by atomic mass is 32.2. The lowest BCUT2D eigenvalue weighted by Gasteiger charge is -2.15. The topological polar surface area (TPSA) is 24.4 Å². The van der Waals surface area contributed by atoms with E-state index in [1.54, 1.807) is 0 Å². The molecule has 2 rings (SSSR count). The Morgan fingerprint density at radius 2 is 2.38 bits per heavy atom. The Bertz CT molecular complexity index is 235. The fraction of sp³-hybridized carbons (Fsp3) is 0.900. The molecule has 1 aliphatic heterocycles. The fourth-order valence-corrected chi connectivity index (χ4v) is 2.79. The van der Waals surface area contributed by atoms with Crippen molar-refractivity contribution in [1.29, 1.82) is 0 Å². The van der Waals surface area contributed by atoms with E-state index in [-0.39, 0.29) is 5.54 Å². The highest BCUT2D eigenvalue weighted by molar-refractivity contribution is 8.14. The van der Waals surface area contributed by atoms with E-state index >= 15 is 0 Å². The largest absolute Gasteiger partial charge is 0.359 e. The van der Waals surface area contributed by atoms with Crippen molar-refractivity contribution in [3.05, 3.63) is 0 Å². The number of aliphatic imine (C=N–C) groups is 1. The Balaban J connectivity index is 1.89. The summed E-state index contributed by atoms with van der Waals surface area (Å²) in [6.07, 6.45) is 2.60. The van der Waals surface area contributed by atoms with Gasteiger partial charge in [-0.2, -0.15) is 0 Å². The number of nitrogens with one attached hydrogen (secondary N) is 1. The molecular weight excluding hydrogens is 180 g/mol. The summed E-state index contributed by atoms with van der Waals surface area (Å²) in [4.78, 5) is 4.70. The van der Waals surface area contributed by atoms with Crippen LogP contribution in [0.4, 0.5) is 0 Å². The Labute approximate surface area is 84.6 Å². The molecule has 1 N–H and O–H groups in total. The molecule has 0 aromatic rings. The minimum absolute atomic E-state index is 0.250. The van der Waals surface area contributed by atoms with Gasteiger partial charge in [-0.3, -0.25) is 4.99 Å². The summed E-state index contributed by atoms with van der Waals surface area (Å²) in [5.41, 5.74) is 0.250. The number of hydrogen-bond acceptors (Lipinski definition) is 2. The summed E-state index contributed by atoms with van der Waals surface area (Å²) in [7, 11) is 0. The van der Waals surface area contributed by atoms with Crippen LogP contribution in [0.1, 0.15) is 33.6 Å². The number of rotatable bonds is 2. The molecular formula is C10H18N2S. The van der Waals surface area contributed by atoms with Crippen LogP contribution in [0, 0.1) is 5.92 Å². The van der Waals surface area contributed by atoms with Gasteiger partial charge in [0, 0.05) is 11.3 Å². The van der Waals surface area contributed by atoms with Gasteiger partial charge in [0.1, 0.15) is 0 Å². The second-order valence-electron chi connectivity index (χ2n) is 4.70. The molecule has 2 unspecified atom stereocenters. The second kappa shape index (κ2) is 3.19. The predicted octanol–water partition coefficient (Wildman–Crippen LogP) is 2.26. The van der Waals surface area contributed by atoms with Crippen LogP contribution < -0.4 is 5.32 Å².